The largest absolute Gasteiger partial charge is 0.504 e. The van der Waals surface area contributed by atoms with E-state index in [1.807, 2.05) is 6.07 Å². The van der Waals surface area contributed by atoms with Crippen LogP contribution in [0.25, 0.3) is 11.3 Å². The van der Waals surface area contributed by atoms with Gasteiger partial charge in [0.15, 0.2) is 11.5 Å². The maximum atomic E-state index is 10.8. The van der Waals surface area contributed by atoms with Gasteiger partial charge >= 0.3 is 5.97 Å². The van der Waals surface area contributed by atoms with Gasteiger partial charge in [0, 0.05) is 11.6 Å². The van der Waals surface area contributed by atoms with Gasteiger partial charge in [-0.25, -0.2) is 4.79 Å². The Morgan fingerprint density at radius 3 is 2.74 bits per heavy atom. The van der Waals surface area contributed by atoms with Crippen LogP contribution in [0.2, 0.25) is 0 Å². The molecular formula is C12H9N3O4. The lowest BCUT2D eigenvalue weighted by Crippen LogP contribution is -1.95. The molecule has 2 aromatic rings. The van der Waals surface area contributed by atoms with E-state index in [2.05, 4.69) is 10.2 Å². The van der Waals surface area contributed by atoms with Crippen molar-refractivity contribution in [3.63, 3.8) is 0 Å². The number of aromatic carboxylic acids is 1. The van der Waals surface area contributed by atoms with Crippen molar-refractivity contribution >= 4 is 5.97 Å². The van der Waals surface area contributed by atoms with Gasteiger partial charge in [-0.1, -0.05) is 0 Å². The number of H-pyrrole nitrogens is 1. The van der Waals surface area contributed by atoms with E-state index in [1.165, 1.54) is 25.3 Å². The molecule has 0 aliphatic carbocycles. The fraction of sp³-hybridized carbons (Fsp3) is 0.0833. The number of rotatable bonds is 3. The second kappa shape index (κ2) is 4.70. The SMILES string of the molecule is COc1cc(C#N)cc(-c2cc(C(=O)O)[nH]n2)c1O. The van der Waals surface area contributed by atoms with E-state index in [0.717, 1.165) is 0 Å². The van der Waals surface area contributed by atoms with Crippen LogP contribution in [0.4, 0.5) is 0 Å². The number of aromatic nitrogens is 2. The molecule has 0 saturated heterocycles. The molecule has 2 rings (SSSR count). The first-order chi connectivity index (χ1) is 9.06. The van der Waals surface area contributed by atoms with Crippen LogP contribution in [-0.4, -0.2) is 33.5 Å². The second-order valence-electron chi connectivity index (χ2n) is 3.66. The number of carboxylic acids is 1. The molecule has 0 saturated carbocycles. The first-order valence-corrected chi connectivity index (χ1v) is 5.17. The van der Waals surface area contributed by atoms with Gasteiger partial charge in [-0.3, -0.25) is 5.10 Å². The van der Waals surface area contributed by atoms with Crippen molar-refractivity contribution in [2.24, 2.45) is 0 Å². The predicted molar refractivity (Wildman–Crippen MR) is 63.9 cm³/mol. The summed E-state index contributed by atoms with van der Waals surface area (Å²) >= 11 is 0. The summed E-state index contributed by atoms with van der Waals surface area (Å²) in [6.07, 6.45) is 0. The minimum atomic E-state index is -1.17. The third kappa shape index (κ3) is 2.19. The molecule has 0 aliphatic rings. The van der Waals surface area contributed by atoms with E-state index in [1.54, 1.807) is 0 Å². The number of methoxy groups -OCH3 is 1. The fourth-order valence-corrected chi connectivity index (χ4v) is 1.59. The number of phenols is 1. The average Bonchev–Trinajstić information content (AvgIpc) is 2.88. The van der Waals surface area contributed by atoms with Crippen LogP contribution in [0, 0.1) is 11.3 Å². The molecule has 0 atom stereocenters. The molecule has 19 heavy (non-hydrogen) atoms. The van der Waals surface area contributed by atoms with Crippen LogP contribution in [0.1, 0.15) is 16.1 Å². The van der Waals surface area contributed by atoms with Crippen molar-refractivity contribution in [3.8, 4) is 28.8 Å². The van der Waals surface area contributed by atoms with Gasteiger partial charge in [0.2, 0.25) is 0 Å². The summed E-state index contributed by atoms with van der Waals surface area (Å²) in [5, 5.41) is 33.8. The van der Waals surface area contributed by atoms with Crippen LogP contribution in [0.3, 0.4) is 0 Å². The Morgan fingerprint density at radius 1 is 1.47 bits per heavy atom. The topological polar surface area (TPSA) is 119 Å². The van der Waals surface area contributed by atoms with Crippen molar-refractivity contribution < 1.29 is 19.7 Å². The molecule has 7 nitrogen and oxygen atoms in total. The van der Waals surface area contributed by atoms with E-state index in [4.69, 9.17) is 15.1 Å². The third-order valence-corrected chi connectivity index (χ3v) is 2.51. The lowest BCUT2D eigenvalue weighted by Gasteiger charge is -2.07. The quantitative estimate of drug-likeness (QED) is 0.765. The van der Waals surface area contributed by atoms with Gasteiger partial charge in [0.05, 0.1) is 24.4 Å². The number of hydrogen-bond donors (Lipinski definition) is 3. The fourth-order valence-electron chi connectivity index (χ4n) is 1.59. The summed E-state index contributed by atoms with van der Waals surface area (Å²) in [7, 11) is 1.35. The van der Waals surface area contributed by atoms with E-state index < -0.39 is 5.97 Å². The molecule has 0 radical (unpaired) electrons. The molecule has 0 unspecified atom stereocenters. The zero-order chi connectivity index (χ0) is 14.0. The standard InChI is InChI=1S/C12H9N3O4/c1-19-10-3-6(5-13)2-7(11(10)16)8-4-9(12(17)18)15-14-8/h2-4,16H,1H3,(H,14,15)(H,17,18). The zero-order valence-electron chi connectivity index (χ0n) is 9.84. The van der Waals surface area contributed by atoms with E-state index in [-0.39, 0.29) is 34.0 Å². The Hall–Kier alpha value is -3.01. The average molecular weight is 259 g/mol. The van der Waals surface area contributed by atoms with Gasteiger partial charge in [0.25, 0.3) is 0 Å². The highest BCUT2D eigenvalue weighted by atomic mass is 16.5. The Morgan fingerprint density at radius 2 is 2.21 bits per heavy atom. The van der Waals surface area contributed by atoms with Crippen LogP contribution in [0.5, 0.6) is 11.5 Å². The lowest BCUT2D eigenvalue weighted by molar-refractivity contribution is 0.0690. The molecule has 1 aromatic carbocycles. The van der Waals surface area contributed by atoms with Gasteiger partial charge in [-0.2, -0.15) is 10.4 Å². The molecular weight excluding hydrogens is 250 g/mol. The van der Waals surface area contributed by atoms with Crippen LogP contribution >= 0.6 is 0 Å². The number of aromatic hydroxyl groups is 1. The summed E-state index contributed by atoms with van der Waals surface area (Å²) in [6.45, 7) is 0. The van der Waals surface area contributed by atoms with E-state index >= 15 is 0 Å². The Kier molecular flexibility index (Phi) is 3.08. The van der Waals surface area contributed by atoms with Crippen LogP contribution in [-0.2, 0) is 0 Å². The van der Waals surface area contributed by atoms with Gasteiger partial charge in [-0.15, -0.1) is 0 Å². The third-order valence-electron chi connectivity index (χ3n) is 2.51. The van der Waals surface area contributed by atoms with Crippen molar-refractivity contribution in [1.29, 1.82) is 5.26 Å². The van der Waals surface area contributed by atoms with Crippen molar-refractivity contribution in [2.75, 3.05) is 7.11 Å². The van der Waals surface area contributed by atoms with Crippen molar-refractivity contribution in [1.82, 2.24) is 10.2 Å². The van der Waals surface area contributed by atoms with E-state index in [9.17, 15) is 9.90 Å². The Bertz CT molecular complexity index is 685. The molecule has 0 spiro atoms. The van der Waals surface area contributed by atoms with Crippen LogP contribution in [0.15, 0.2) is 18.2 Å². The maximum Gasteiger partial charge on any atom is 0.353 e. The number of phenolic OH excluding ortho intramolecular Hbond substituents is 1. The maximum absolute atomic E-state index is 10.8. The summed E-state index contributed by atoms with van der Waals surface area (Å²) in [6, 6.07) is 5.97. The molecule has 7 heteroatoms. The number of benzene rings is 1. The van der Waals surface area contributed by atoms with E-state index in [0.29, 0.717) is 0 Å². The molecule has 3 N–H and O–H groups in total. The number of hydrogen-bond acceptors (Lipinski definition) is 5. The Labute approximate surface area is 107 Å². The van der Waals surface area contributed by atoms with Crippen LogP contribution < -0.4 is 4.74 Å². The predicted octanol–water partition coefficient (Wildman–Crippen LogP) is 1.36. The van der Waals surface area contributed by atoms with Gasteiger partial charge in [-0.05, 0) is 12.1 Å². The highest BCUT2D eigenvalue weighted by Gasteiger charge is 2.16. The molecule has 1 aromatic heterocycles. The number of ether oxygens (including phenoxy) is 1. The molecule has 0 amide bonds. The first-order valence-electron chi connectivity index (χ1n) is 5.17. The van der Waals surface area contributed by atoms with Crippen molar-refractivity contribution in [3.05, 3.63) is 29.5 Å². The molecule has 96 valence electrons. The first kappa shape index (κ1) is 12.4. The minimum absolute atomic E-state index is 0.115. The van der Waals surface area contributed by atoms with Crippen molar-refractivity contribution in [2.45, 2.75) is 0 Å². The summed E-state index contributed by atoms with van der Waals surface area (Å²) < 4.78 is 4.95. The van der Waals surface area contributed by atoms with Gasteiger partial charge in [0.1, 0.15) is 5.69 Å². The summed E-state index contributed by atoms with van der Waals surface area (Å²) in [5.41, 5.74) is 0.588. The number of nitrogens with zero attached hydrogens (tertiary/aromatic N) is 2. The highest BCUT2D eigenvalue weighted by Crippen LogP contribution is 2.37. The highest BCUT2D eigenvalue weighted by molar-refractivity contribution is 5.87. The summed E-state index contributed by atoms with van der Waals surface area (Å²) in [4.78, 5) is 10.8. The number of nitrogens with one attached hydrogen (secondary N) is 1. The molecule has 0 aliphatic heterocycles. The summed E-state index contributed by atoms with van der Waals surface area (Å²) in [5.74, 6) is -1.25. The monoisotopic (exact) mass is 259 g/mol. The molecule has 0 fully saturated rings. The van der Waals surface area contributed by atoms with Gasteiger partial charge < -0.3 is 14.9 Å². The lowest BCUT2D eigenvalue weighted by atomic mass is 10.1. The second-order valence-corrected chi connectivity index (χ2v) is 3.66. The normalized spacial score (nSPS) is 9.89. The molecule has 0 bridgehead atoms. The smallest absolute Gasteiger partial charge is 0.353 e. The minimum Gasteiger partial charge on any atom is -0.504 e. The number of aromatic amines is 1. The zero-order valence-corrected chi connectivity index (χ0v) is 9.84. The number of carbonyl (C=O) groups is 1. The Balaban J connectivity index is 2.60. The number of carboxylic acid groups (broad SMARTS) is 1. The number of nitriles is 1. The molecule has 1 heterocycles.